The fourth-order valence-electron chi connectivity index (χ4n) is 2.26. The van der Waals surface area contributed by atoms with Gasteiger partial charge in [-0.15, -0.1) is 0 Å². The SMILES string of the molecule is CCC(c1ccc(C(=O)O)cc1)c1cccc(O)c1. The van der Waals surface area contributed by atoms with Crippen LogP contribution in [0.15, 0.2) is 48.5 Å². The second-order valence-electron chi connectivity index (χ2n) is 4.48. The van der Waals surface area contributed by atoms with Crippen LogP contribution in [0.1, 0.15) is 40.7 Å². The Morgan fingerprint density at radius 1 is 1.11 bits per heavy atom. The highest BCUT2D eigenvalue weighted by Crippen LogP contribution is 2.29. The van der Waals surface area contributed by atoms with Crippen molar-refractivity contribution in [1.82, 2.24) is 0 Å². The molecule has 0 aromatic heterocycles. The minimum Gasteiger partial charge on any atom is -0.508 e. The number of rotatable bonds is 4. The van der Waals surface area contributed by atoms with E-state index in [-0.39, 0.29) is 17.2 Å². The van der Waals surface area contributed by atoms with Crippen molar-refractivity contribution in [2.24, 2.45) is 0 Å². The fourth-order valence-corrected chi connectivity index (χ4v) is 2.26. The van der Waals surface area contributed by atoms with Crippen LogP contribution in [-0.4, -0.2) is 16.2 Å². The molecule has 0 aliphatic carbocycles. The Kier molecular flexibility index (Phi) is 3.85. The number of phenols is 1. The summed E-state index contributed by atoms with van der Waals surface area (Å²) in [5.74, 6) is -0.509. The lowest BCUT2D eigenvalue weighted by molar-refractivity contribution is 0.0697. The third-order valence-electron chi connectivity index (χ3n) is 3.24. The number of benzene rings is 2. The molecule has 0 heterocycles. The van der Waals surface area contributed by atoms with Gasteiger partial charge in [0, 0.05) is 5.92 Å². The Balaban J connectivity index is 2.34. The van der Waals surface area contributed by atoms with Crippen LogP contribution in [0, 0.1) is 0 Å². The summed E-state index contributed by atoms with van der Waals surface area (Å²) in [6.45, 7) is 2.07. The third kappa shape index (κ3) is 2.94. The van der Waals surface area contributed by atoms with Crippen LogP contribution in [0.25, 0.3) is 0 Å². The highest BCUT2D eigenvalue weighted by molar-refractivity contribution is 5.87. The number of carbonyl (C=O) groups is 1. The van der Waals surface area contributed by atoms with E-state index in [4.69, 9.17) is 5.11 Å². The van der Waals surface area contributed by atoms with E-state index in [2.05, 4.69) is 6.92 Å². The fraction of sp³-hybridized carbons (Fsp3) is 0.188. The molecule has 2 N–H and O–H groups in total. The first-order valence-corrected chi connectivity index (χ1v) is 6.24. The summed E-state index contributed by atoms with van der Waals surface area (Å²) >= 11 is 0. The van der Waals surface area contributed by atoms with Gasteiger partial charge in [-0.05, 0) is 41.8 Å². The van der Waals surface area contributed by atoms with Crippen LogP contribution in [0.3, 0.4) is 0 Å². The van der Waals surface area contributed by atoms with E-state index in [9.17, 15) is 9.90 Å². The molecule has 0 saturated carbocycles. The molecule has 0 bridgehead atoms. The normalized spacial score (nSPS) is 12.1. The predicted molar refractivity (Wildman–Crippen MR) is 73.6 cm³/mol. The second-order valence-corrected chi connectivity index (χ2v) is 4.48. The van der Waals surface area contributed by atoms with Crippen molar-refractivity contribution in [1.29, 1.82) is 0 Å². The van der Waals surface area contributed by atoms with Crippen molar-refractivity contribution in [2.75, 3.05) is 0 Å². The lowest BCUT2D eigenvalue weighted by Gasteiger charge is -2.16. The van der Waals surface area contributed by atoms with E-state index in [1.54, 1.807) is 24.3 Å². The van der Waals surface area contributed by atoms with E-state index in [0.717, 1.165) is 17.5 Å². The number of carboxylic acid groups (broad SMARTS) is 1. The molecular formula is C16H16O3. The van der Waals surface area contributed by atoms with Gasteiger partial charge in [0.25, 0.3) is 0 Å². The maximum absolute atomic E-state index is 10.8. The van der Waals surface area contributed by atoms with E-state index < -0.39 is 5.97 Å². The summed E-state index contributed by atoms with van der Waals surface area (Å²) < 4.78 is 0. The lowest BCUT2D eigenvalue weighted by atomic mass is 9.88. The first kappa shape index (κ1) is 13.1. The quantitative estimate of drug-likeness (QED) is 0.878. The van der Waals surface area contributed by atoms with Gasteiger partial charge in [-0.1, -0.05) is 31.2 Å². The van der Waals surface area contributed by atoms with Crippen molar-refractivity contribution < 1.29 is 15.0 Å². The van der Waals surface area contributed by atoms with Crippen LogP contribution in [-0.2, 0) is 0 Å². The van der Waals surface area contributed by atoms with Gasteiger partial charge in [0.1, 0.15) is 5.75 Å². The van der Waals surface area contributed by atoms with Gasteiger partial charge in [0.15, 0.2) is 0 Å². The topological polar surface area (TPSA) is 57.5 Å². The van der Waals surface area contributed by atoms with Gasteiger partial charge in [-0.2, -0.15) is 0 Å². The molecule has 0 fully saturated rings. The Morgan fingerprint density at radius 2 is 1.79 bits per heavy atom. The number of aromatic carboxylic acids is 1. The van der Waals surface area contributed by atoms with E-state index in [0.29, 0.717) is 0 Å². The van der Waals surface area contributed by atoms with Gasteiger partial charge in [0.2, 0.25) is 0 Å². The lowest BCUT2D eigenvalue weighted by Crippen LogP contribution is -2.01. The molecule has 98 valence electrons. The minimum absolute atomic E-state index is 0.162. The minimum atomic E-state index is -0.919. The summed E-state index contributed by atoms with van der Waals surface area (Å²) in [5, 5.41) is 18.4. The molecule has 3 heteroatoms. The molecule has 0 amide bonds. The number of aromatic hydroxyl groups is 1. The summed E-state index contributed by atoms with van der Waals surface area (Å²) in [5.41, 5.74) is 2.37. The van der Waals surface area contributed by atoms with E-state index in [1.165, 1.54) is 0 Å². The molecule has 0 aliphatic heterocycles. The van der Waals surface area contributed by atoms with Gasteiger partial charge in [0.05, 0.1) is 5.56 Å². The number of hydrogen-bond donors (Lipinski definition) is 2. The Labute approximate surface area is 112 Å². The summed E-state index contributed by atoms with van der Waals surface area (Å²) in [6, 6.07) is 14.1. The third-order valence-corrected chi connectivity index (χ3v) is 3.24. The van der Waals surface area contributed by atoms with Crippen molar-refractivity contribution in [2.45, 2.75) is 19.3 Å². The van der Waals surface area contributed by atoms with Crippen LogP contribution in [0.4, 0.5) is 0 Å². The van der Waals surface area contributed by atoms with Crippen molar-refractivity contribution in [3.8, 4) is 5.75 Å². The van der Waals surface area contributed by atoms with Crippen LogP contribution < -0.4 is 0 Å². The molecular weight excluding hydrogens is 240 g/mol. The van der Waals surface area contributed by atoms with Crippen LogP contribution in [0.2, 0.25) is 0 Å². The highest BCUT2D eigenvalue weighted by Gasteiger charge is 2.13. The highest BCUT2D eigenvalue weighted by atomic mass is 16.4. The molecule has 2 aromatic rings. The molecule has 2 aromatic carbocycles. The molecule has 3 nitrogen and oxygen atoms in total. The first-order chi connectivity index (χ1) is 9.11. The zero-order chi connectivity index (χ0) is 13.8. The number of phenolic OH excluding ortho intramolecular Hbond substituents is 1. The molecule has 0 spiro atoms. The standard InChI is InChI=1S/C16H16O3/c1-2-15(13-4-3-5-14(17)10-13)11-6-8-12(9-7-11)16(18)19/h3-10,15,17H,2H2,1H3,(H,18,19). The van der Waals surface area contributed by atoms with Crippen molar-refractivity contribution in [3.05, 3.63) is 65.2 Å². The molecule has 0 saturated heterocycles. The van der Waals surface area contributed by atoms with Crippen molar-refractivity contribution in [3.63, 3.8) is 0 Å². The average molecular weight is 256 g/mol. The average Bonchev–Trinajstić information content (AvgIpc) is 2.40. The van der Waals surface area contributed by atoms with Crippen molar-refractivity contribution >= 4 is 5.97 Å². The smallest absolute Gasteiger partial charge is 0.335 e. The van der Waals surface area contributed by atoms with Crippen LogP contribution in [0.5, 0.6) is 5.75 Å². The first-order valence-electron chi connectivity index (χ1n) is 6.24. The van der Waals surface area contributed by atoms with Gasteiger partial charge in [-0.25, -0.2) is 4.79 Å². The van der Waals surface area contributed by atoms with Gasteiger partial charge < -0.3 is 10.2 Å². The monoisotopic (exact) mass is 256 g/mol. The van der Waals surface area contributed by atoms with Crippen LogP contribution >= 0.6 is 0 Å². The van der Waals surface area contributed by atoms with Gasteiger partial charge >= 0.3 is 5.97 Å². The molecule has 1 unspecified atom stereocenters. The zero-order valence-corrected chi connectivity index (χ0v) is 10.7. The molecule has 19 heavy (non-hydrogen) atoms. The summed E-state index contributed by atoms with van der Waals surface area (Å²) in [7, 11) is 0. The molecule has 1 atom stereocenters. The second kappa shape index (κ2) is 5.57. The Morgan fingerprint density at radius 3 is 2.32 bits per heavy atom. The zero-order valence-electron chi connectivity index (χ0n) is 10.7. The largest absolute Gasteiger partial charge is 0.508 e. The molecule has 0 radical (unpaired) electrons. The number of hydrogen-bond acceptors (Lipinski definition) is 2. The maximum atomic E-state index is 10.8. The molecule has 2 rings (SSSR count). The Bertz CT molecular complexity index is 573. The predicted octanol–water partition coefficient (Wildman–Crippen LogP) is 3.63. The Hall–Kier alpha value is -2.29. The summed E-state index contributed by atoms with van der Waals surface area (Å²) in [4.78, 5) is 10.8. The van der Waals surface area contributed by atoms with E-state index in [1.807, 2.05) is 24.3 Å². The van der Waals surface area contributed by atoms with Gasteiger partial charge in [-0.3, -0.25) is 0 Å². The number of carboxylic acids is 1. The summed E-state index contributed by atoms with van der Waals surface area (Å²) in [6.07, 6.45) is 0.885. The maximum Gasteiger partial charge on any atom is 0.335 e. The van der Waals surface area contributed by atoms with E-state index >= 15 is 0 Å². The molecule has 0 aliphatic rings.